The average molecular weight is 263 g/mol. The smallest absolute Gasteiger partial charge is 0.220 e. The predicted octanol–water partition coefficient (Wildman–Crippen LogP) is 2.48. The number of carbonyl (C=O) groups is 1. The molecule has 1 rings (SSSR count). The summed E-state index contributed by atoms with van der Waals surface area (Å²) in [6, 6.07) is 0.103. The monoisotopic (exact) mass is 262 g/mol. The van der Waals surface area contributed by atoms with E-state index in [-0.39, 0.29) is 24.4 Å². The summed E-state index contributed by atoms with van der Waals surface area (Å²) in [6.07, 6.45) is 7.34. The quantitative estimate of drug-likeness (QED) is 0.800. The standard InChI is InChI=1S/C13H26N2O.ClH/c1-10(12-6-4-3-5-7-12)8-13(16)15-11(2)9-14;/h10-12H,3-9,14H2,1-2H3,(H,15,16);1H/t10?,11-;/m0./s1. The molecule has 0 aromatic rings. The van der Waals surface area contributed by atoms with Crippen LogP contribution in [0.2, 0.25) is 0 Å². The summed E-state index contributed by atoms with van der Waals surface area (Å²) in [5, 5.41) is 2.94. The SMILES string of the molecule is CC(CC(=O)N[C@@H](C)CN)C1CCCCC1.Cl. The molecule has 0 radical (unpaired) electrons. The van der Waals surface area contributed by atoms with Crippen molar-refractivity contribution in [2.45, 2.75) is 58.4 Å². The van der Waals surface area contributed by atoms with Gasteiger partial charge in [-0.2, -0.15) is 0 Å². The van der Waals surface area contributed by atoms with Gasteiger partial charge in [0.2, 0.25) is 5.91 Å². The number of hydrogen-bond donors (Lipinski definition) is 2. The van der Waals surface area contributed by atoms with Crippen molar-refractivity contribution in [3.8, 4) is 0 Å². The number of carbonyl (C=O) groups excluding carboxylic acids is 1. The fourth-order valence-electron chi connectivity index (χ4n) is 2.55. The molecule has 0 aliphatic heterocycles. The number of halogens is 1. The number of nitrogens with two attached hydrogens (primary N) is 1. The molecule has 102 valence electrons. The molecule has 1 aliphatic carbocycles. The molecule has 2 atom stereocenters. The zero-order chi connectivity index (χ0) is 12.0. The van der Waals surface area contributed by atoms with Crippen LogP contribution in [-0.2, 0) is 4.79 Å². The Morgan fingerprint density at radius 2 is 1.88 bits per heavy atom. The van der Waals surface area contributed by atoms with Crippen molar-refractivity contribution in [2.24, 2.45) is 17.6 Å². The number of amides is 1. The van der Waals surface area contributed by atoms with Crippen LogP contribution in [0.5, 0.6) is 0 Å². The van der Waals surface area contributed by atoms with Gasteiger partial charge in [-0.15, -0.1) is 12.4 Å². The largest absolute Gasteiger partial charge is 0.352 e. The third kappa shape index (κ3) is 6.27. The molecule has 1 aliphatic rings. The number of rotatable bonds is 5. The van der Waals surface area contributed by atoms with Gasteiger partial charge in [0.1, 0.15) is 0 Å². The molecule has 1 saturated carbocycles. The normalized spacial score (nSPS) is 20.2. The second-order valence-corrected chi connectivity index (χ2v) is 5.28. The van der Waals surface area contributed by atoms with Crippen LogP contribution in [0, 0.1) is 11.8 Å². The van der Waals surface area contributed by atoms with E-state index in [1.165, 1.54) is 32.1 Å². The van der Waals surface area contributed by atoms with Gasteiger partial charge in [0.05, 0.1) is 0 Å². The van der Waals surface area contributed by atoms with Crippen LogP contribution in [0.4, 0.5) is 0 Å². The van der Waals surface area contributed by atoms with E-state index in [0.717, 1.165) is 5.92 Å². The maximum atomic E-state index is 11.7. The van der Waals surface area contributed by atoms with Crippen LogP contribution < -0.4 is 11.1 Å². The van der Waals surface area contributed by atoms with Crippen LogP contribution >= 0.6 is 12.4 Å². The van der Waals surface area contributed by atoms with E-state index < -0.39 is 0 Å². The molecule has 3 N–H and O–H groups in total. The second kappa shape index (κ2) is 8.76. The molecule has 1 unspecified atom stereocenters. The Labute approximate surface area is 111 Å². The van der Waals surface area contributed by atoms with Crippen molar-refractivity contribution in [1.29, 1.82) is 0 Å². The first-order chi connectivity index (χ1) is 7.63. The Kier molecular flexibility index (Phi) is 8.61. The summed E-state index contributed by atoms with van der Waals surface area (Å²) in [4.78, 5) is 11.7. The van der Waals surface area contributed by atoms with Gasteiger partial charge in [-0.05, 0) is 18.8 Å². The molecule has 1 amide bonds. The van der Waals surface area contributed by atoms with Gasteiger partial charge in [-0.25, -0.2) is 0 Å². The minimum absolute atomic E-state index is 0. The minimum Gasteiger partial charge on any atom is -0.352 e. The lowest BCUT2D eigenvalue weighted by Gasteiger charge is -2.27. The van der Waals surface area contributed by atoms with Gasteiger partial charge in [-0.1, -0.05) is 39.0 Å². The molecule has 17 heavy (non-hydrogen) atoms. The fraction of sp³-hybridized carbons (Fsp3) is 0.923. The van der Waals surface area contributed by atoms with Crippen LogP contribution in [0.15, 0.2) is 0 Å². The lowest BCUT2D eigenvalue weighted by molar-refractivity contribution is -0.122. The highest BCUT2D eigenvalue weighted by Crippen LogP contribution is 2.31. The van der Waals surface area contributed by atoms with E-state index in [1.54, 1.807) is 0 Å². The second-order valence-electron chi connectivity index (χ2n) is 5.28. The summed E-state index contributed by atoms with van der Waals surface area (Å²) < 4.78 is 0. The molecular formula is C13H27ClN2O. The molecule has 1 fully saturated rings. The maximum Gasteiger partial charge on any atom is 0.220 e. The van der Waals surface area contributed by atoms with Crippen molar-refractivity contribution in [2.75, 3.05) is 6.54 Å². The molecule has 0 spiro atoms. The Hall–Kier alpha value is -0.280. The van der Waals surface area contributed by atoms with E-state index in [4.69, 9.17) is 5.73 Å². The van der Waals surface area contributed by atoms with E-state index in [1.807, 2.05) is 6.92 Å². The van der Waals surface area contributed by atoms with Crippen molar-refractivity contribution in [3.05, 3.63) is 0 Å². The summed E-state index contributed by atoms with van der Waals surface area (Å²) in [5.41, 5.74) is 5.48. The molecule has 0 aromatic heterocycles. The third-order valence-electron chi connectivity index (χ3n) is 3.72. The van der Waals surface area contributed by atoms with E-state index in [2.05, 4.69) is 12.2 Å². The lowest BCUT2D eigenvalue weighted by Crippen LogP contribution is -2.39. The zero-order valence-electron chi connectivity index (χ0n) is 11.1. The number of hydrogen-bond acceptors (Lipinski definition) is 2. The van der Waals surface area contributed by atoms with Gasteiger partial charge < -0.3 is 11.1 Å². The highest BCUT2D eigenvalue weighted by Gasteiger charge is 2.22. The van der Waals surface area contributed by atoms with Gasteiger partial charge in [0.25, 0.3) is 0 Å². The topological polar surface area (TPSA) is 55.1 Å². The van der Waals surface area contributed by atoms with Gasteiger partial charge >= 0.3 is 0 Å². The summed E-state index contributed by atoms with van der Waals surface area (Å²) in [6.45, 7) is 4.68. The minimum atomic E-state index is 0. The van der Waals surface area contributed by atoms with Crippen molar-refractivity contribution < 1.29 is 4.79 Å². The van der Waals surface area contributed by atoms with Crippen molar-refractivity contribution >= 4 is 18.3 Å². The Morgan fingerprint density at radius 1 is 1.29 bits per heavy atom. The van der Waals surface area contributed by atoms with Crippen LogP contribution in [0.25, 0.3) is 0 Å². The van der Waals surface area contributed by atoms with E-state index >= 15 is 0 Å². The van der Waals surface area contributed by atoms with Crippen LogP contribution in [0.1, 0.15) is 52.4 Å². The Bertz CT molecular complexity index is 217. The molecule has 0 aromatic carbocycles. The first-order valence-corrected chi connectivity index (χ1v) is 6.63. The highest BCUT2D eigenvalue weighted by molar-refractivity contribution is 5.85. The molecule has 3 nitrogen and oxygen atoms in total. The van der Waals surface area contributed by atoms with Crippen molar-refractivity contribution in [3.63, 3.8) is 0 Å². The molecule has 4 heteroatoms. The van der Waals surface area contributed by atoms with Gasteiger partial charge in [0.15, 0.2) is 0 Å². The zero-order valence-corrected chi connectivity index (χ0v) is 11.9. The van der Waals surface area contributed by atoms with Gasteiger partial charge in [-0.3, -0.25) is 4.79 Å². The van der Waals surface area contributed by atoms with E-state index in [9.17, 15) is 4.79 Å². The average Bonchev–Trinajstić information content (AvgIpc) is 2.29. The van der Waals surface area contributed by atoms with Crippen LogP contribution in [-0.4, -0.2) is 18.5 Å². The maximum absolute atomic E-state index is 11.7. The first kappa shape index (κ1) is 16.7. The third-order valence-corrected chi connectivity index (χ3v) is 3.72. The van der Waals surface area contributed by atoms with Crippen molar-refractivity contribution in [1.82, 2.24) is 5.32 Å². The molecule has 0 saturated heterocycles. The molecule has 0 bridgehead atoms. The summed E-state index contributed by atoms with van der Waals surface area (Å²) in [5.74, 6) is 1.44. The summed E-state index contributed by atoms with van der Waals surface area (Å²) >= 11 is 0. The van der Waals surface area contributed by atoms with Gasteiger partial charge in [0, 0.05) is 19.0 Å². The summed E-state index contributed by atoms with van der Waals surface area (Å²) in [7, 11) is 0. The number of nitrogens with one attached hydrogen (secondary N) is 1. The predicted molar refractivity (Wildman–Crippen MR) is 74.3 cm³/mol. The molecular weight excluding hydrogens is 236 g/mol. The Balaban J connectivity index is 0.00000256. The van der Waals surface area contributed by atoms with Crippen LogP contribution in [0.3, 0.4) is 0 Å². The fourth-order valence-corrected chi connectivity index (χ4v) is 2.55. The highest BCUT2D eigenvalue weighted by atomic mass is 35.5. The Morgan fingerprint density at radius 3 is 2.41 bits per heavy atom. The first-order valence-electron chi connectivity index (χ1n) is 6.63. The molecule has 0 heterocycles. The van der Waals surface area contributed by atoms with E-state index in [0.29, 0.717) is 18.9 Å². The lowest BCUT2D eigenvalue weighted by atomic mass is 9.79.